The molecule has 1 heterocycles. The maximum absolute atomic E-state index is 13.7. The lowest BCUT2D eigenvalue weighted by atomic mass is 9.75. The Kier molecular flexibility index (Phi) is 7.56. The summed E-state index contributed by atoms with van der Waals surface area (Å²) in [6.45, 7) is 11.6. The number of nitrogens with one attached hydrogen (secondary N) is 1. The number of benzene rings is 2. The predicted octanol–water partition coefficient (Wildman–Crippen LogP) is 7.15. The van der Waals surface area contributed by atoms with E-state index in [0.717, 1.165) is 48.2 Å². The second-order valence-corrected chi connectivity index (χ2v) is 13.7. The molecule has 4 rings (SSSR count). The number of nitrogens with zero attached hydrogens (tertiary/aromatic N) is 1. The number of fused-ring (bicyclic) bond motifs is 1. The van der Waals surface area contributed by atoms with Crippen LogP contribution in [-0.4, -0.2) is 28.3 Å². The lowest BCUT2D eigenvalue weighted by Crippen LogP contribution is -2.57. The molecule has 0 bridgehead atoms. The van der Waals surface area contributed by atoms with E-state index in [9.17, 15) is 4.79 Å². The number of methoxy groups -OCH3 is 1. The standard InChI is InChI=1S/C28H38ClN2O3Si/c1-27(2,3)25(34-35(5)6)15-16-28(20-9-10-20)23-17-21(29)11-14-24(23)31(26(32)30-28)18-19-7-12-22(33-4)13-8-19/h7-8,11-14,17,20,25H,9-10,15-16,18H2,1-6H3,(H,30,32). The van der Waals surface area contributed by atoms with Crippen LogP contribution < -0.4 is 15.0 Å². The van der Waals surface area contributed by atoms with Crippen LogP contribution in [0.2, 0.25) is 18.1 Å². The fourth-order valence-electron chi connectivity index (χ4n) is 5.22. The number of urea groups is 1. The number of amides is 2. The Bertz CT molecular complexity index is 1050. The van der Waals surface area contributed by atoms with Gasteiger partial charge in [0.15, 0.2) is 0 Å². The first kappa shape index (κ1) is 26.1. The van der Waals surface area contributed by atoms with Crippen LogP contribution in [0.3, 0.4) is 0 Å². The fourth-order valence-corrected chi connectivity index (χ4v) is 6.43. The van der Waals surface area contributed by atoms with Gasteiger partial charge in [0.05, 0.1) is 24.9 Å². The minimum atomic E-state index is -0.842. The third kappa shape index (κ3) is 5.70. The quantitative estimate of drug-likeness (QED) is 0.362. The van der Waals surface area contributed by atoms with Crippen molar-refractivity contribution in [1.29, 1.82) is 0 Å². The molecular formula is C28H38ClN2O3Si. The smallest absolute Gasteiger partial charge is 0.322 e. The lowest BCUT2D eigenvalue weighted by Gasteiger charge is -2.46. The molecule has 1 N–H and O–H groups in total. The molecule has 2 aromatic carbocycles. The number of hydrogen-bond acceptors (Lipinski definition) is 3. The molecular weight excluding hydrogens is 476 g/mol. The van der Waals surface area contributed by atoms with Gasteiger partial charge in [-0.05, 0) is 86.0 Å². The van der Waals surface area contributed by atoms with Gasteiger partial charge in [-0.1, -0.05) is 44.5 Å². The Morgan fingerprint density at radius 1 is 1.17 bits per heavy atom. The summed E-state index contributed by atoms with van der Waals surface area (Å²) in [4.78, 5) is 15.5. The van der Waals surface area contributed by atoms with Gasteiger partial charge in [-0.2, -0.15) is 0 Å². The van der Waals surface area contributed by atoms with Gasteiger partial charge in [-0.25, -0.2) is 4.79 Å². The van der Waals surface area contributed by atoms with Crippen LogP contribution >= 0.6 is 11.6 Å². The molecule has 0 spiro atoms. The van der Waals surface area contributed by atoms with Gasteiger partial charge < -0.3 is 14.5 Å². The van der Waals surface area contributed by atoms with E-state index in [1.54, 1.807) is 7.11 Å². The highest BCUT2D eigenvalue weighted by Gasteiger charge is 2.52. The second kappa shape index (κ2) is 10.2. The van der Waals surface area contributed by atoms with Crippen molar-refractivity contribution in [2.24, 2.45) is 11.3 Å². The van der Waals surface area contributed by atoms with Gasteiger partial charge in [0.2, 0.25) is 9.04 Å². The fraction of sp³-hybridized carbons (Fsp3) is 0.536. The molecule has 2 atom stereocenters. The number of anilines is 1. The van der Waals surface area contributed by atoms with Crippen molar-refractivity contribution in [3.63, 3.8) is 0 Å². The number of carbonyl (C=O) groups is 1. The lowest BCUT2D eigenvalue weighted by molar-refractivity contribution is 0.0649. The Labute approximate surface area is 216 Å². The number of hydrogen-bond donors (Lipinski definition) is 1. The Morgan fingerprint density at radius 2 is 1.86 bits per heavy atom. The van der Waals surface area contributed by atoms with Crippen molar-refractivity contribution < 1.29 is 14.0 Å². The summed E-state index contributed by atoms with van der Waals surface area (Å²) in [7, 11) is 0.813. The first-order valence-corrected chi connectivity index (χ1v) is 15.3. The Morgan fingerprint density at radius 3 is 2.43 bits per heavy atom. The maximum Gasteiger partial charge on any atom is 0.322 e. The topological polar surface area (TPSA) is 50.8 Å². The third-order valence-electron chi connectivity index (χ3n) is 7.22. The minimum absolute atomic E-state index is 0.0307. The predicted molar refractivity (Wildman–Crippen MR) is 145 cm³/mol. The molecule has 7 heteroatoms. The van der Waals surface area contributed by atoms with Gasteiger partial charge >= 0.3 is 6.03 Å². The van der Waals surface area contributed by atoms with Gasteiger partial charge in [0.1, 0.15) is 5.75 Å². The minimum Gasteiger partial charge on any atom is -0.497 e. The summed E-state index contributed by atoms with van der Waals surface area (Å²) in [6, 6.07) is 13.8. The Balaban J connectivity index is 1.68. The van der Waals surface area contributed by atoms with Gasteiger partial charge in [-0.3, -0.25) is 4.90 Å². The van der Waals surface area contributed by atoms with E-state index in [4.69, 9.17) is 20.8 Å². The second-order valence-electron chi connectivity index (χ2n) is 11.2. The first-order valence-electron chi connectivity index (χ1n) is 12.5. The zero-order chi connectivity index (χ0) is 25.4. The van der Waals surface area contributed by atoms with E-state index in [1.807, 2.05) is 41.3 Å². The number of rotatable bonds is 9. The highest BCUT2D eigenvalue weighted by molar-refractivity contribution is 6.48. The van der Waals surface area contributed by atoms with Gasteiger partial charge in [0, 0.05) is 16.7 Å². The molecule has 1 saturated carbocycles. The van der Waals surface area contributed by atoms with Crippen LogP contribution in [0.1, 0.15) is 57.6 Å². The van der Waals surface area contributed by atoms with E-state index >= 15 is 0 Å². The Hall–Kier alpha value is -2.02. The molecule has 2 aromatic rings. The van der Waals surface area contributed by atoms with E-state index in [0.29, 0.717) is 17.5 Å². The van der Waals surface area contributed by atoms with Gasteiger partial charge in [-0.15, -0.1) is 0 Å². The summed E-state index contributed by atoms with van der Waals surface area (Å²) in [5.74, 6) is 1.22. The van der Waals surface area contributed by atoms with E-state index in [-0.39, 0.29) is 17.6 Å². The van der Waals surface area contributed by atoms with Crippen molar-refractivity contribution in [2.75, 3.05) is 12.0 Å². The molecule has 2 aliphatic rings. The summed E-state index contributed by atoms with van der Waals surface area (Å²) >= 11 is 6.55. The van der Waals surface area contributed by atoms with E-state index in [2.05, 4.69) is 45.2 Å². The first-order chi connectivity index (χ1) is 16.5. The van der Waals surface area contributed by atoms with Crippen LogP contribution in [-0.2, 0) is 16.5 Å². The zero-order valence-electron chi connectivity index (χ0n) is 21.8. The molecule has 1 fully saturated rings. The van der Waals surface area contributed by atoms with Crippen molar-refractivity contribution in [2.45, 2.75) is 77.7 Å². The van der Waals surface area contributed by atoms with Crippen LogP contribution in [0.15, 0.2) is 42.5 Å². The monoisotopic (exact) mass is 513 g/mol. The third-order valence-corrected chi connectivity index (χ3v) is 8.21. The maximum atomic E-state index is 13.7. The zero-order valence-corrected chi connectivity index (χ0v) is 23.5. The SMILES string of the molecule is COc1ccc(CN2C(=O)NC(CCC(O[Si](C)C)C(C)(C)C)(C3CC3)c3cc(Cl)ccc32)cc1. The molecule has 35 heavy (non-hydrogen) atoms. The molecule has 0 saturated heterocycles. The van der Waals surface area contributed by atoms with Crippen molar-refractivity contribution in [1.82, 2.24) is 5.32 Å². The van der Waals surface area contributed by atoms with Crippen molar-refractivity contribution in [3.05, 3.63) is 58.6 Å². The average Bonchev–Trinajstić information content (AvgIpc) is 3.64. The van der Waals surface area contributed by atoms with Crippen LogP contribution in [0, 0.1) is 11.3 Å². The highest BCUT2D eigenvalue weighted by Crippen LogP contribution is 2.53. The molecule has 2 unspecified atom stereocenters. The molecule has 1 radical (unpaired) electrons. The molecule has 0 aromatic heterocycles. The molecule has 5 nitrogen and oxygen atoms in total. The van der Waals surface area contributed by atoms with Crippen LogP contribution in [0.5, 0.6) is 5.75 Å². The van der Waals surface area contributed by atoms with E-state index < -0.39 is 14.6 Å². The summed E-state index contributed by atoms with van der Waals surface area (Å²) in [6.07, 6.45) is 4.09. The number of halogens is 1. The summed E-state index contributed by atoms with van der Waals surface area (Å²) < 4.78 is 11.7. The van der Waals surface area contributed by atoms with Crippen LogP contribution in [0.4, 0.5) is 10.5 Å². The van der Waals surface area contributed by atoms with Crippen molar-refractivity contribution >= 4 is 32.4 Å². The average molecular weight is 514 g/mol. The van der Waals surface area contributed by atoms with E-state index in [1.165, 1.54) is 0 Å². The molecule has 189 valence electrons. The summed E-state index contributed by atoms with van der Waals surface area (Å²) in [5.41, 5.74) is 2.73. The van der Waals surface area contributed by atoms with Crippen LogP contribution in [0.25, 0.3) is 0 Å². The van der Waals surface area contributed by atoms with Gasteiger partial charge in [0.25, 0.3) is 0 Å². The highest BCUT2D eigenvalue weighted by atomic mass is 35.5. The number of ether oxygens (including phenoxy) is 1. The summed E-state index contributed by atoms with van der Waals surface area (Å²) in [5, 5.41) is 4.18. The number of carbonyl (C=O) groups excluding carboxylic acids is 1. The van der Waals surface area contributed by atoms with Crippen molar-refractivity contribution in [3.8, 4) is 5.75 Å². The molecule has 1 aliphatic heterocycles. The molecule has 2 amide bonds. The molecule has 1 aliphatic carbocycles. The largest absolute Gasteiger partial charge is 0.497 e. The normalized spacial score (nSPS) is 21.0.